The minimum atomic E-state index is -0.203. The Hall–Kier alpha value is -2.39. The summed E-state index contributed by atoms with van der Waals surface area (Å²) < 4.78 is 7.11. The average Bonchev–Trinajstić information content (AvgIpc) is 2.79. The molecule has 7 nitrogen and oxygen atoms in total. The smallest absolute Gasteiger partial charge is 0.262 e. The van der Waals surface area contributed by atoms with Crippen LogP contribution in [0.2, 0.25) is 5.02 Å². The molecule has 1 aromatic heterocycles. The quantitative estimate of drug-likeness (QED) is 0.415. The molecule has 1 fully saturated rings. The van der Waals surface area contributed by atoms with E-state index >= 15 is 0 Å². The first-order valence-electron chi connectivity index (χ1n) is 10.2. The highest BCUT2D eigenvalue weighted by Gasteiger charge is 2.18. The van der Waals surface area contributed by atoms with Crippen molar-refractivity contribution in [3.8, 4) is 0 Å². The van der Waals surface area contributed by atoms with E-state index in [0.717, 1.165) is 32.8 Å². The van der Waals surface area contributed by atoms with Crippen LogP contribution in [0.4, 0.5) is 5.69 Å². The number of morpholine rings is 1. The molecule has 0 spiro atoms. The molecule has 3 aromatic rings. The van der Waals surface area contributed by atoms with Crippen LogP contribution in [0.3, 0.4) is 0 Å². The summed E-state index contributed by atoms with van der Waals surface area (Å²) in [5.41, 5.74) is 1.12. The minimum Gasteiger partial charge on any atom is -0.370 e. The predicted octanol–water partition coefficient (Wildman–Crippen LogP) is 1.70. The number of anilines is 1. The van der Waals surface area contributed by atoms with Crippen LogP contribution in [-0.2, 0) is 16.1 Å². The van der Waals surface area contributed by atoms with Crippen molar-refractivity contribution < 1.29 is 14.4 Å². The van der Waals surface area contributed by atoms with Gasteiger partial charge in [-0.1, -0.05) is 47.6 Å². The van der Waals surface area contributed by atoms with E-state index in [1.165, 1.54) is 16.7 Å². The summed E-state index contributed by atoms with van der Waals surface area (Å²) in [5, 5.41) is 4.43. The van der Waals surface area contributed by atoms with Gasteiger partial charge in [0.15, 0.2) is 5.16 Å². The topological polar surface area (TPSA) is 77.7 Å². The van der Waals surface area contributed by atoms with Crippen molar-refractivity contribution in [3.05, 3.63) is 63.9 Å². The Morgan fingerprint density at radius 1 is 1.16 bits per heavy atom. The number of quaternary nitrogens is 1. The Balaban J connectivity index is 1.52. The summed E-state index contributed by atoms with van der Waals surface area (Å²) >= 11 is 7.38. The van der Waals surface area contributed by atoms with Gasteiger partial charge in [-0.2, -0.15) is 0 Å². The number of aromatic nitrogens is 2. The monoisotopic (exact) mass is 459 g/mol. The molecule has 31 heavy (non-hydrogen) atoms. The van der Waals surface area contributed by atoms with Crippen molar-refractivity contribution in [1.82, 2.24) is 9.55 Å². The highest BCUT2D eigenvalue weighted by Crippen LogP contribution is 2.22. The maximum absolute atomic E-state index is 13.2. The SMILES string of the molecule is O=C(CSc1nc2ccccc2c(=O)n1CC[NH+]1CCOCC1)Nc1ccccc1Cl. The molecule has 0 atom stereocenters. The largest absolute Gasteiger partial charge is 0.370 e. The second kappa shape index (κ2) is 10.3. The van der Waals surface area contributed by atoms with Gasteiger partial charge in [-0.15, -0.1) is 0 Å². The van der Waals surface area contributed by atoms with Gasteiger partial charge in [0.25, 0.3) is 5.56 Å². The Kier molecular flexibility index (Phi) is 7.24. The van der Waals surface area contributed by atoms with Crippen LogP contribution in [0.25, 0.3) is 10.9 Å². The molecule has 9 heteroatoms. The summed E-state index contributed by atoms with van der Waals surface area (Å²) in [6, 6.07) is 14.4. The lowest BCUT2D eigenvalue weighted by Gasteiger charge is -2.24. The first-order valence-corrected chi connectivity index (χ1v) is 11.6. The Labute approximate surface area is 189 Å². The summed E-state index contributed by atoms with van der Waals surface area (Å²) in [5.74, 6) is -0.0775. The van der Waals surface area contributed by atoms with Crippen molar-refractivity contribution >= 4 is 45.9 Å². The Morgan fingerprint density at radius 3 is 2.71 bits per heavy atom. The lowest BCUT2D eigenvalue weighted by Crippen LogP contribution is -3.14. The molecule has 0 radical (unpaired) electrons. The van der Waals surface area contributed by atoms with Crippen molar-refractivity contribution in [2.24, 2.45) is 0 Å². The molecule has 0 bridgehead atoms. The van der Waals surface area contributed by atoms with Crippen LogP contribution in [0.15, 0.2) is 58.5 Å². The Morgan fingerprint density at radius 2 is 1.90 bits per heavy atom. The van der Waals surface area contributed by atoms with Gasteiger partial charge in [-0.05, 0) is 24.3 Å². The molecule has 0 saturated carbocycles. The fourth-order valence-corrected chi connectivity index (χ4v) is 4.52. The van der Waals surface area contributed by atoms with Crippen LogP contribution in [0.5, 0.6) is 0 Å². The van der Waals surface area contributed by atoms with E-state index in [0.29, 0.717) is 33.3 Å². The van der Waals surface area contributed by atoms with Crippen molar-refractivity contribution in [3.63, 3.8) is 0 Å². The van der Waals surface area contributed by atoms with Gasteiger partial charge in [0, 0.05) is 0 Å². The molecule has 2 N–H and O–H groups in total. The number of ether oxygens (including phenoxy) is 1. The molecular weight excluding hydrogens is 436 g/mol. The molecule has 2 heterocycles. The van der Waals surface area contributed by atoms with E-state index < -0.39 is 0 Å². The number of fused-ring (bicyclic) bond motifs is 1. The minimum absolute atomic E-state index is 0.0766. The van der Waals surface area contributed by atoms with Crippen LogP contribution < -0.4 is 15.8 Å². The zero-order valence-corrected chi connectivity index (χ0v) is 18.5. The molecule has 1 aliphatic rings. The lowest BCUT2D eigenvalue weighted by molar-refractivity contribution is -0.908. The zero-order valence-electron chi connectivity index (χ0n) is 17.0. The predicted molar refractivity (Wildman–Crippen MR) is 123 cm³/mol. The van der Waals surface area contributed by atoms with Crippen molar-refractivity contribution in [1.29, 1.82) is 0 Å². The van der Waals surface area contributed by atoms with E-state index in [2.05, 4.69) is 10.3 Å². The fourth-order valence-electron chi connectivity index (χ4n) is 3.51. The fraction of sp³-hybridized carbons (Fsp3) is 0.318. The molecule has 0 aliphatic carbocycles. The molecular formula is C22H24ClN4O3S+. The second-order valence-electron chi connectivity index (χ2n) is 7.30. The maximum Gasteiger partial charge on any atom is 0.262 e. The van der Waals surface area contributed by atoms with E-state index in [1.807, 2.05) is 24.3 Å². The molecule has 0 unspecified atom stereocenters. The van der Waals surface area contributed by atoms with Gasteiger partial charge in [-0.25, -0.2) is 4.98 Å². The van der Waals surface area contributed by atoms with Crippen molar-refractivity contribution in [2.75, 3.05) is 43.9 Å². The normalized spacial score (nSPS) is 14.6. The molecule has 4 rings (SSSR count). The number of hydrogen-bond donors (Lipinski definition) is 2. The standard InChI is InChI=1S/C22H23ClN4O3S/c23-17-6-2-4-8-19(17)24-20(28)15-31-22-25-18-7-3-1-5-16(18)21(29)27(22)10-9-26-11-13-30-14-12-26/h1-8H,9-15H2,(H,24,28)/p+1. The summed E-state index contributed by atoms with van der Waals surface area (Å²) in [6.07, 6.45) is 0. The van der Waals surface area contributed by atoms with Crippen LogP contribution in [0, 0.1) is 0 Å². The van der Waals surface area contributed by atoms with Gasteiger partial charge in [0.1, 0.15) is 13.1 Å². The number of para-hydroxylation sites is 2. The molecule has 1 amide bonds. The number of carbonyl (C=O) groups is 1. The van der Waals surface area contributed by atoms with Crippen LogP contribution >= 0.6 is 23.4 Å². The zero-order chi connectivity index (χ0) is 21.6. The van der Waals surface area contributed by atoms with Gasteiger partial charge >= 0.3 is 0 Å². The van der Waals surface area contributed by atoms with Gasteiger partial charge in [-0.3, -0.25) is 14.2 Å². The second-order valence-corrected chi connectivity index (χ2v) is 8.65. The molecule has 1 aliphatic heterocycles. The molecule has 1 saturated heterocycles. The highest BCUT2D eigenvalue weighted by molar-refractivity contribution is 7.99. The van der Waals surface area contributed by atoms with E-state index in [4.69, 9.17) is 16.3 Å². The third-order valence-corrected chi connectivity index (χ3v) is 6.50. The van der Waals surface area contributed by atoms with E-state index in [9.17, 15) is 9.59 Å². The third-order valence-electron chi connectivity index (χ3n) is 5.20. The summed E-state index contributed by atoms with van der Waals surface area (Å²) in [4.78, 5) is 31.7. The summed E-state index contributed by atoms with van der Waals surface area (Å²) in [6.45, 7) is 4.69. The summed E-state index contributed by atoms with van der Waals surface area (Å²) in [7, 11) is 0. The third kappa shape index (κ3) is 5.46. The first-order chi connectivity index (χ1) is 15.1. The number of carbonyl (C=O) groups excluding carboxylic acids is 1. The number of thioether (sulfide) groups is 1. The van der Waals surface area contributed by atoms with Gasteiger partial charge < -0.3 is 15.0 Å². The lowest BCUT2D eigenvalue weighted by atomic mass is 10.2. The number of nitrogens with one attached hydrogen (secondary N) is 2. The molecule has 2 aromatic carbocycles. The van der Waals surface area contributed by atoms with Crippen molar-refractivity contribution in [2.45, 2.75) is 11.7 Å². The maximum atomic E-state index is 13.2. The number of amides is 1. The highest BCUT2D eigenvalue weighted by atomic mass is 35.5. The van der Waals surface area contributed by atoms with E-state index in [-0.39, 0.29) is 17.2 Å². The number of benzene rings is 2. The first kappa shape index (κ1) is 21.8. The number of hydrogen-bond acceptors (Lipinski definition) is 5. The van der Waals surface area contributed by atoms with Gasteiger partial charge in [0.05, 0.1) is 53.7 Å². The van der Waals surface area contributed by atoms with E-state index in [1.54, 1.807) is 28.8 Å². The van der Waals surface area contributed by atoms with Gasteiger partial charge in [0.2, 0.25) is 5.91 Å². The Bertz CT molecular complexity index is 1130. The van der Waals surface area contributed by atoms with Crippen LogP contribution in [0.1, 0.15) is 0 Å². The number of nitrogens with zero attached hydrogens (tertiary/aromatic N) is 2. The number of rotatable bonds is 7. The number of halogens is 1. The average molecular weight is 460 g/mol. The van der Waals surface area contributed by atoms with Crippen LogP contribution in [-0.4, -0.2) is 54.1 Å². The molecule has 162 valence electrons.